The fourth-order valence-corrected chi connectivity index (χ4v) is 5.67. The van der Waals surface area contributed by atoms with Gasteiger partial charge in [-0.15, -0.1) is 4.31 Å². The number of nitrogens with one attached hydrogen (secondary N) is 1. The smallest absolute Gasteiger partial charge is 0.177 e. The number of rotatable bonds is 7. The van der Waals surface area contributed by atoms with E-state index in [0.29, 0.717) is 59.7 Å². The summed E-state index contributed by atoms with van der Waals surface area (Å²) in [5.41, 5.74) is 8.61. The number of aliphatic hydroxyl groups excluding tert-OH is 1. The van der Waals surface area contributed by atoms with Crippen molar-refractivity contribution in [1.29, 1.82) is 0 Å². The Morgan fingerprint density at radius 3 is 2.55 bits per heavy atom. The van der Waals surface area contributed by atoms with Crippen LogP contribution in [0.5, 0.6) is 5.75 Å². The maximum absolute atomic E-state index is 14.9. The van der Waals surface area contributed by atoms with E-state index in [1.54, 1.807) is 18.5 Å². The molecule has 0 radical (unpaired) electrons. The summed E-state index contributed by atoms with van der Waals surface area (Å²) >= 11 is 11.3. The summed E-state index contributed by atoms with van der Waals surface area (Å²) in [6.07, 6.45) is 4.92. The lowest BCUT2D eigenvalue weighted by Gasteiger charge is -2.34. The summed E-state index contributed by atoms with van der Waals surface area (Å²) in [6.45, 7) is 2.30. The summed E-state index contributed by atoms with van der Waals surface area (Å²) in [4.78, 5) is 10.6. The van der Waals surface area contributed by atoms with Crippen LogP contribution in [0.25, 0.3) is 22.2 Å². The highest BCUT2D eigenvalue weighted by molar-refractivity contribution is 7.88. The van der Waals surface area contributed by atoms with Crippen LogP contribution in [0.15, 0.2) is 36.8 Å². The molecule has 38 heavy (non-hydrogen) atoms. The van der Waals surface area contributed by atoms with Gasteiger partial charge in [-0.3, -0.25) is 15.8 Å². The number of benzene rings is 1. The fraction of sp³-hybridized carbons (Fsp3) is 0.292. The molecular weight excluding hydrogens is 556 g/mol. The minimum atomic E-state index is -1.15. The fourth-order valence-electron chi connectivity index (χ4n) is 4.41. The summed E-state index contributed by atoms with van der Waals surface area (Å²) in [7, 11) is 0. The minimum absolute atomic E-state index is 0.116. The van der Waals surface area contributed by atoms with Gasteiger partial charge in [-0.25, -0.2) is 9.37 Å². The van der Waals surface area contributed by atoms with Crippen LogP contribution in [-0.2, 0) is 18.0 Å². The van der Waals surface area contributed by atoms with Crippen molar-refractivity contribution in [3.05, 3.63) is 63.8 Å². The van der Waals surface area contributed by atoms with Crippen molar-refractivity contribution >= 4 is 51.3 Å². The number of fused-ring (bicyclic) bond motifs is 1. The molecule has 4 N–H and O–H groups in total. The van der Waals surface area contributed by atoms with E-state index < -0.39 is 23.4 Å². The number of halogens is 3. The molecule has 0 spiro atoms. The summed E-state index contributed by atoms with van der Waals surface area (Å²) < 4.78 is 34.2. The number of ether oxygens (including phenoxy) is 1. The molecule has 0 aliphatic carbocycles. The van der Waals surface area contributed by atoms with Gasteiger partial charge in [0.25, 0.3) is 0 Å². The number of aromatic nitrogens is 4. The van der Waals surface area contributed by atoms with Gasteiger partial charge in [-0.2, -0.15) is 5.10 Å². The second-order valence-electron chi connectivity index (χ2n) is 8.66. The molecule has 1 saturated heterocycles. The number of piperazine rings is 1. The average molecular weight is 580 g/mol. The van der Waals surface area contributed by atoms with E-state index in [2.05, 4.69) is 25.1 Å². The topological polar surface area (TPSA) is 139 Å². The van der Waals surface area contributed by atoms with Crippen LogP contribution in [0.2, 0.25) is 10.0 Å². The molecule has 0 bridgehead atoms. The zero-order chi connectivity index (χ0) is 27.0. The number of anilines is 1. The molecule has 14 heteroatoms. The molecule has 1 aliphatic rings. The molecule has 0 saturated carbocycles. The molecule has 0 amide bonds. The normalized spacial score (nSPS) is 16.1. The minimum Gasteiger partial charge on any atom is -0.598 e. The third-order valence-electron chi connectivity index (χ3n) is 6.33. The van der Waals surface area contributed by atoms with Crippen LogP contribution in [0, 0.1) is 5.82 Å². The number of aromatic amines is 1. The average Bonchev–Trinajstić information content (AvgIpc) is 3.31. The van der Waals surface area contributed by atoms with Crippen LogP contribution >= 0.6 is 23.2 Å². The van der Waals surface area contributed by atoms with E-state index >= 15 is 0 Å². The number of pyridine rings is 2. The maximum atomic E-state index is 14.9. The first-order valence-corrected chi connectivity index (χ1v) is 13.9. The molecule has 3 aromatic heterocycles. The van der Waals surface area contributed by atoms with Crippen LogP contribution in [0.3, 0.4) is 0 Å². The zero-order valence-corrected chi connectivity index (χ0v) is 22.5. The highest BCUT2D eigenvalue weighted by Gasteiger charge is 2.26. The van der Waals surface area contributed by atoms with Crippen LogP contribution < -0.4 is 15.4 Å². The summed E-state index contributed by atoms with van der Waals surface area (Å²) in [5, 5.41) is 18.2. The third-order valence-corrected chi connectivity index (χ3v) is 8.03. The lowest BCUT2D eigenvalue weighted by molar-refractivity contribution is 0.205. The van der Waals surface area contributed by atoms with E-state index in [0.717, 1.165) is 0 Å². The highest BCUT2D eigenvalue weighted by Crippen LogP contribution is 2.35. The van der Waals surface area contributed by atoms with Crippen molar-refractivity contribution in [2.75, 3.05) is 37.3 Å². The van der Waals surface area contributed by atoms with Gasteiger partial charge in [0.15, 0.2) is 17.8 Å². The molecule has 5 rings (SSSR count). The first kappa shape index (κ1) is 26.9. The molecular formula is C24H24Cl2FN7O3S. The van der Waals surface area contributed by atoms with Gasteiger partial charge in [0, 0.05) is 71.2 Å². The van der Waals surface area contributed by atoms with Crippen LogP contribution in [0.1, 0.15) is 17.4 Å². The molecule has 1 aromatic carbocycles. The Morgan fingerprint density at radius 1 is 1.18 bits per heavy atom. The SMILES string of the molecule is C[S+]([O-])N1CCN(c2ncc(-c3n[nH]c4cc(F)c(O[C@H](N)c5c(Cl)cncc5Cl)cc34)cc2CO)CC1. The number of nitrogens with zero attached hydrogens (tertiary/aromatic N) is 5. The van der Waals surface area contributed by atoms with Crippen LogP contribution in [0.4, 0.5) is 10.2 Å². The molecule has 10 nitrogen and oxygen atoms in total. The Labute approximate surface area is 230 Å². The lowest BCUT2D eigenvalue weighted by atomic mass is 10.1. The molecule has 1 unspecified atom stereocenters. The quantitative estimate of drug-likeness (QED) is 0.222. The Balaban J connectivity index is 1.45. The molecule has 1 aliphatic heterocycles. The molecule has 4 heterocycles. The largest absolute Gasteiger partial charge is 0.598 e. The molecule has 4 aromatic rings. The molecule has 2 atom stereocenters. The van der Waals surface area contributed by atoms with Gasteiger partial charge in [0.2, 0.25) is 0 Å². The van der Waals surface area contributed by atoms with Crippen molar-refractivity contribution in [3.8, 4) is 17.0 Å². The first-order chi connectivity index (χ1) is 18.3. The Kier molecular flexibility index (Phi) is 7.91. The maximum Gasteiger partial charge on any atom is 0.177 e. The van der Waals surface area contributed by atoms with E-state index in [1.165, 1.54) is 24.5 Å². The van der Waals surface area contributed by atoms with Crippen molar-refractivity contribution in [2.45, 2.75) is 12.8 Å². The standard InChI is InChI=1S/C24H24Cl2FN7O3S/c1-38(36)34-4-2-33(3-5-34)24-14(12-35)6-13(9-30-24)22-15-7-20(18(27)8-19(15)31-32-22)37-23(28)21-16(25)10-29-11-17(21)26/h6-11,23,35H,2-5,12,28H2,1H3,(H,31,32)/t23-,38?/m0/s1. The van der Waals surface area contributed by atoms with Crippen molar-refractivity contribution in [3.63, 3.8) is 0 Å². The van der Waals surface area contributed by atoms with Gasteiger partial charge in [-0.05, 0) is 12.1 Å². The van der Waals surface area contributed by atoms with E-state index in [9.17, 15) is 14.0 Å². The zero-order valence-electron chi connectivity index (χ0n) is 20.2. The number of aliphatic hydroxyl groups is 1. The predicted molar refractivity (Wildman–Crippen MR) is 145 cm³/mol. The summed E-state index contributed by atoms with van der Waals surface area (Å²) in [5.74, 6) is -0.111. The molecule has 1 fully saturated rings. The number of hydrogen-bond donors (Lipinski definition) is 3. The van der Waals surface area contributed by atoms with Crippen molar-refractivity contribution < 1.29 is 18.8 Å². The summed E-state index contributed by atoms with van der Waals surface area (Å²) in [6, 6.07) is 4.55. The van der Waals surface area contributed by atoms with Crippen LogP contribution in [-0.4, -0.2) is 66.6 Å². The predicted octanol–water partition coefficient (Wildman–Crippen LogP) is 3.41. The second-order valence-corrected chi connectivity index (χ2v) is 10.8. The second kappa shape index (κ2) is 11.2. The number of H-pyrrole nitrogens is 1. The lowest BCUT2D eigenvalue weighted by Crippen LogP contribution is -2.48. The van der Waals surface area contributed by atoms with Crippen molar-refractivity contribution in [1.82, 2.24) is 24.5 Å². The van der Waals surface area contributed by atoms with Gasteiger partial charge in [0.1, 0.15) is 17.8 Å². The highest BCUT2D eigenvalue weighted by atomic mass is 35.5. The monoisotopic (exact) mass is 579 g/mol. The van der Waals surface area contributed by atoms with Gasteiger partial charge < -0.3 is 19.3 Å². The number of hydrogen-bond acceptors (Lipinski definition) is 9. The van der Waals surface area contributed by atoms with E-state index in [-0.39, 0.29) is 28.0 Å². The molecule has 200 valence electrons. The van der Waals surface area contributed by atoms with E-state index in [4.69, 9.17) is 33.7 Å². The first-order valence-electron chi connectivity index (χ1n) is 11.6. The van der Waals surface area contributed by atoms with E-state index in [1.807, 2.05) is 4.31 Å². The number of nitrogens with two attached hydrogens (primary N) is 1. The Bertz CT molecular complexity index is 1450. The van der Waals surface area contributed by atoms with Gasteiger partial charge in [0.05, 0.1) is 35.3 Å². The van der Waals surface area contributed by atoms with Gasteiger partial charge >= 0.3 is 0 Å². The van der Waals surface area contributed by atoms with Crippen molar-refractivity contribution in [2.24, 2.45) is 5.73 Å². The Hall–Kier alpha value is -2.71. The Morgan fingerprint density at radius 2 is 1.89 bits per heavy atom. The third kappa shape index (κ3) is 5.25. The van der Waals surface area contributed by atoms with Gasteiger partial charge in [-0.1, -0.05) is 23.2 Å².